The van der Waals surface area contributed by atoms with Crippen molar-refractivity contribution in [3.05, 3.63) is 52.6 Å². The molecule has 1 aliphatic rings. The topological polar surface area (TPSA) is 70.5 Å². The lowest BCUT2D eigenvalue weighted by Gasteiger charge is -2.12. The fourth-order valence-electron chi connectivity index (χ4n) is 4.08. The van der Waals surface area contributed by atoms with Gasteiger partial charge in [0.1, 0.15) is 11.5 Å². The molecule has 1 fully saturated rings. The Morgan fingerprint density at radius 3 is 2.53 bits per heavy atom. The van der Waals surface area contributed by atoms with E-state index in [-0.39, 0.29) is 23.9 Å². The van der Waals surface area contributed by atoms with Gasteiger partial charge in [0.15, 0.2) is 5.65 Å². The highest BCUT2D eigenvalue weighted by molar-refractivity contribution is 5.75. The summed E-state index contributed by atoms with van der Waals surface area (Å²) in [6.07, 6.45) is 1.50. The highest BCUT2D eigenvalue weighted by Gasteiger charge is 2.33. The van der Waals surface area contributed by atoms with E-state index in [4.69, 9.17) is 0 Å². The number of imidazole rings is 2. The largest absolute Gasteiger partial charge is 0.433 e. The summed E-state index contributed by atoms with van der Waals surface area (Å²) in [5, 5.41) is 0. The van der Waals surface area contributed by atoms with Gasteiger partial charge in [-0.2, -0.15) is 13.2 Å². The lowest BCUT2D eigenvalue weighted by atomic mass is 10.1. The fraction of sp³-hybridized carbons (Fsp3) is 0.455. The van der Waals surface area contributed by atoms with Gasteiger partial charge in [-0.05, 0) is 43.4 Å². The molecule has 4 aromatic heterocycles. The van der Waals surface area contributed by atoms with Crippen LogP contribution in [0.2, 0.25) is 0 Å². The van der Waals surface area contributed by atoms with Crippen LogP contribution < -0.4 is 5.69 Å². The second kappa shape index (κ2) is 7.46. The molecule has 0 saturated heterocycles. The van der Waals surface area contributed by atoms with E-state index in [9.17, 15) is 18.0 Å². The maximum absolute atomic E-state index is 13.2. The van der Waals surface area contributed by atoms with Gasteiger partial charge in [0.2, 0.25) is 0 Å². The Kier molecular flexibility index (Phi) is 4.83. The third-order valence-corrected chi connectivity index (χ3v) is 5.89. The number of hydrogen-bond donors (Lipinski definition) is 0. The van der Waals surface area contributed by atoms with E-state index >= 15 is 0 Å². The van der Waals surface area contributed by atoms with Gasteiger partial charge in [-0.25, -0.2) is 14.8 Å². The number of aromatic nitrogens is 6. The number of aryl methyl sites for hydroxylation is 1. The Morgan fingerprint density at radius 2 is 1.84 bits per heavy atom. The van der Waals surface area contributed by atoms with Crippen molar-refractivity contribution in [1.82, 2.24) is 28.7 Å². The number of rotatable bonds is 6. The average molecular weight is 444 g/mol. The smallest absolute Gasteiger partial charge is 0.325 e. The van der Waals surface area contributed by atoms with Crippen LogP contribution in [0.25, 0.3) is 22.2 Å². The van der Waals surface area contributed by atoms with Crippen LogP contribution in [0.5, 0.6) is 0 Å². The molecule has 10 heteroatoms. The van der Waals surface area contributed by atoms with Gasteiger partial charge in [-0.15, -0.1) is 0 Å². The molecule has 4 heterocycles. The predicted octanol–water partition coefficient (Wildman–Crippen LogP) is 4.39. The first-order chi connectivity index (χ1) is 15.2. The zero-order chi connectivity index (χ0) is 22.6. The summed E-state index contributed by atoms with van der Waals surface area (Å²) in [7, 11) is 0. The number of hydrogen-bond acceptors (Lipinski definition) is 4. The Bertz CT molecular complexity index is 1360. The summed E-state index contributed by atoms with van der Waals surface area (Å²) >= 11 is 0. The molecule has 0 aromatic carbocycles. The first-order valence-corrected chi connectivity index (χ1v) is 10.7. The Balaban J connectivity index is 1.64. The van der Waals surface area contributed by atoms with Gasteiger partial charge in [-0.1, -0.05) is 13.8 Å². The minimum Gasteiger partial charge on any atom is -0.325 e. The third kappa shape index (κ3) is 3.57. The van der Waals surface area contributed by atoms with Gasteiger partial charge in [0, 0.05) is 18.8 Å². The van der Waals surface area contributed by atoms with E-state index in [0.29, 0.717) is 29.3 Å². The monoisotopic (exact) mass is 444 g/mol. The van der Waals surface area contributed by atoms with Crippen LogP contribution in [-0.4, -0.2) is 28.7 Å². The molecule has 0 unspecified atom stereocenters. The van der Waals surface area contributed by atoms with Gasteiger partial charge >= 0.3 is 11.9 Å². The SMILES string of the molecule is CC(C)CCn1c(Cn2c(=O)n(C3CC3)c3ccncc32)nc2nc(C(F)(F)F)ccc21. The van der Waals surface area contributed by atoms with E-state index in [1.807, 2.05) is 10.6 Å². The highest BCUT2D eigenvalue weighted by Crippen LogP contribution is 2.36. The molecule has 0 N–H and O–H groups in total. The summed E-state index contributed by atoms with van der Waals surface area (Å²) in [5.74, 6) is 0.902. The van der Waals surface area contributed by atoms with Crippen molar-refractivity contribution in [2.75, 3.05) is 0 Å². The second-order valence-corrected chi connectivity index (χ2v) is 8.73. The molecule has 0 bridgehead atoms. The molecule has 0 radical (unpaired) electrons. The molecule has 0 amide bonds. The molecule has 0 aliphatic heterocycles. The molecule has 7 nitrogen and oxygen atoms in total. The molecule has 0 atom stereocenters. The van der Waals surface area contributed by atoms with Crippen molar-refractivity contribution in [3.8, 4) is 0 Å². The number of halogens is 3. The Hall–Kier alpha value is -3.17. The Labute approximate surface area is 181 Å². The molecular weight excluding hydrogens is 421 g/mol. The third-order valence-electron chi connectivity index (χ3n) is 5.89. The lowest BCUT2D eigenvalue weighted by Crippen LogP contribution is -2.25. The van der Waals surface area contributed by atoms with Crippen molar-refractivity contribution in [1.29, 1.82) is 0 Å². The summed E-state index contributed by atoms with van der Waals surface area (Å²) in [6.45, 7) is 4.87. The summed E-state index contributed by atoms with van der Waals surface area (Å²) < 4.78 is 44.8. The fourth-order valence-corrected chi connectivity index (χ4v) is 4.08. The van der Waals surface area contributed by atoms with Gasteiger partial charge in [-0.3, -0.25) is 14.1 Å². The molecule has 0 spiro atoms. The maximum Gasteiger partial charge on any atom is 0.433 e. The van der Waals surface area contributed by atoms with Crippen LogP contribution in [0.3, 0.4) is 0 Å². The van der Waals surface area contributed by atoms with Crippen molar-refractivity contribution < 1.29 is 13.2 Å². The molecule has 5 rings (SSSR count). The molecule has 1 saturated carbocycles. The standard InChI is InChI=1S/C22H23F3N6O/c1-13(2)8-10-29-16-5-6-18(22(23,24)25)27-20(16)28-19(29)12-30-17-11-26-9-7-15(17)31(21(30)32)14-3-4-14/h5-7,9,11,13-14H,3-4,8,10,12H2,1-2H3. The zero-order valence-electron chi connectivity index (χ0n) is 17.8. The molecule has 1 aliphatic carbocycles. The second-order valence-electron chi connectivity index (χ2n) is 8.73. The minimum absolute atomic E-state index is 0.0377. The molecule has 32 heavy (non-hydrogen) atoms. The van der Waals surface area contributed by atoms with Crippen molar-refractivity contribution in [3.63, 3.8) is 0 Å². The van der Waals surface area contributed by atoms with E-state index in [2.05, 4.69) is 28.8 Å². The van der Waals surface area contributed by atoms with E-state index in [1.165, 1.54) is 6.07 Å². The lowest BCUT2D eigenvalue weighted by molar-refractivity contribution is -0.141. The predicted molar refractivity (Wildman–Crippen MR) is 113 cm³/mol. The van der Waals surface area contributed by atoms with E-state index < -0.39 is 11.9 Å². The van der Waals surface area contributed by atoms with Crippen LogP contribution in [0.15, 0.2) is 35.4 Å². The Morgan fingerprint density at radius 1 is 1.06 bits per heavy atom. The maximum atomic E-state index is 13.2. The first-order valence-electron chi connectivity index (χ1n) is 10.7. The van der Waals surface area contributed by atoms with Crippen LogP contribution >= 0.6 is 0 Å². The zero-order valence-corrected chi connectivity index (χ0v) is 17.8. The van der Waals surface area contributed by atoms with Crippen molar-refractivity contribution >= 4 is 22.2 Å². The summed E-state index contributed by atoms with van der Waals surface area (Å²) in [5.41, 5.74) is 0.950. The number of alkyl halides is 3. The quantitative estimate of drug-likeness (QED) is 0.442. The van der Waals surface area contributed by atoms with Crippen LogP contribution in [0.1, 0.15) is 50.7 Å². The van der Waals surface area contributed by atoms with Crippen LogP contribution in [0.4, 0.5) is 13.2 Å². The number of nitrogens with zero attached hydrogens (tertiary/aromatic N) is 6. The number of fused-ring (bicyclic) bond motifs is 2. The average Bonchev–Trinajstić information content (AvgIpc) is 3.45. The van der Waals surface area contributed by atoms with E-state index in [1.54, 1.807) is 21.5 Å². The normalized spacial score (nSPS) is 14.8. The summed E-state index contributed by atoms with van der Waals surface area (Å²) in [4.78, 5) is 25.6. The van der Waals surface area contributed by atoms with Gasteiger partial charge in [0.05, 0.1) is 29.3 Å². The van der Waals surface area contributed by atoms with E-state index in [0.717, 1.165) is 30.8 Å². The highest BCUT2D eigenvalue weighted by atomic mass is 19.4. The van der Waals surface area contributed by atoms with Gasteiger partial charge < -0.3 is 4.57 Å². The van der Waals surface area contributed by atoms with Crippen LogP contribution in [0, 0.1) is 5.92 Å². The van der Waals surface area contributed by atoms with Crippen molar-refractivity contribution in [2.24, 2.45) is 5.92 Å². The summed E-state index contributed by atoms with van der Waals surface area (Å²) in [6, 6.07) is 4.41. The van der Waals surface area contributed by atoms with Crippen molar-refractivity contribution in [2.45, 2.75) is 58.4 Å². The first kappa shape index (κ1) is 20.7. The molecule has 168 valence electrons. The minimum atomic E-state index is -4.55. The van der Waals surface area contributed by atoms with Crippen LogP contribution in [-0.2, 0) is 19.3 Å². The van der Waals surface area contributed by atoms with Gasteiger partial charge in [0.25, 0.3) is 0 Å². The molecular formula is C22H23F3N6O. The molecule has 4 aromatic rings. The number of pyridine rings is 2.